The number of nitrogens with zero attached hydrogens (tertiary/aromatic N) is 3. The van der Waals surface area contributed by atoms with Crippen LogP contribution in [-0.2, 0) is 6.54 Å². The summed E-state index contributed by atoms with van der Waals surface area (Å²) < 4.78 is 0. The van der Waals surface area contributed by atoms with Crippen LogP contribution < -0.4 is 5.73 Å². The summed E-state index contributed by atoms with van der Waals surface area (Å²) in [5.74, 6) is 0. The predicted molar refractivity (Wildman–Crippen MR) is 104 cm³/mol. The molecule has 26 heavy (non-hydrogen) atoms. The summed E-state index contributed by atoms with van der Waals surface area (Å²) in [5, 5.41) is 0. The Morgan fingerprint density at radius 2 is 1.54 bits per heavy atom. The van der Waals surface area contributed by atoms with Gasteiger partial charge in [0.25, 0.3) is 0 Å². The summed E-state index contributed by atoms with van der Waals surface area (Å²) in [6, 6.07) is 24.0. The fourth-order valence-corrected chi connectivity index (χ4v) is 2.91. The Kier molecular flexibility index (Phi) is 4.50. The molecule has 0 aliphatic carbocycles. The van der Waals surface area contributed by atoms with Crippen LogP contribution in [0.2, 0.25) is 0 Å². The van der Waals surface area contributed by atoms with E-state index in [1.165, 1.54) is 0 Å². The number of hydrogen-bond donors (Lipinski definition) is 1. The van der Waals surface area contributed by atoms with Crippen LogP contribution in [0.1, 0.15) is 5.56 Å². The SMILES string of the molecule is NCc1ccnc(-c2cccc(-c3ncccc3-c3ccccc3)n2)c1. The molecule has 0 unspecified atom stereocenters. The number of pyridine rings is 3. The van der Waals surface area contributed by atoms with Gasteiger partial charge in [-0.3, -0.25) is 9.97 Å². The van der Waals surface area contributed by atoms with Crippen molar-refractivity contribution in [3.8, 4) is 33.9 Å². The summed E-state index contributed by atoms with van der Waals surface area (Å²) in [7, 11) is 0. The first kappa shape index (κ1) is 16.1. The van der Waals surface area contributed by atoms with Gasteiger partial charge in [-0.05, 0) is 41.5 Å². The Bertz CT molecular complexity index is 1030. The zero-order chi connectivity index (χ0) is 17.8. The number of rotatable bonds is 4. The molecule has 0 bridgehead atoms. The molecule has 0 saturated carbocycles. The van der Waals surface area contributed by atoms with Crippen LogP contribution in [0.25, 0.3) is 33.9 Å². The highest BCUT2D eigenvalue weighted by Gasteiger charge is 2.11. The van der Waals surface area contributed by atoms with E-state index in [0.29, 0.717) is 6.54 Å². The van der Waals surface area contributed by atoms with Crippen LogP contribution in [0.15, 0.2) is 85.2 Å². The lowest BCUT2D eigenvalue weighted by Gasteiger charge is -2.10. The monoisotopic (exact) mass is 338 g/mol. The van der Waals surface area contributed by atoms with Crippen LogP contribution >= 0.6 is 0 Å². The second-order valence-electron chi connectivity index (χ2n) is 5.93. The highest BCUT2D eigenvalue weighted by atomic mass is 14.8. The van der Waals surface area contributed by atoms with Crippen molar-refractivity contribution in [1.29, 1.82) is 0 Å². The van der Waals surface area contributed by atoms with Crippen LogP contribution in [0.4, 0.5) is 0 Å². The van der Waals surface area contributed by atoms with E-state index in [-0.39, 0.29) is 0 Å². The van der Waals surface area contributed by atoms with Crippen LogP contribution in [0, 0.1) is 0 Å². The zero-order valence-electron chi connectivity index (χ0n) is 14.2. The number of nitrogens with two attached hydrogens (primary N) is 1. The Morgan fingerprint density at radius 1 is 0.692 bits per heavy atom. The maximum Gasteiger partial charge on any atom is 0.0964 e. The first-order valence-corrected chi connectivity index (χ1v) is 8.48. The fourth-order valence-electron chi connectivity index (χ4n) is 2.91. The van der Waals surface area contributed by atoms with E-state index in [9.17, 15) is 0 Å². The van der Waals surface area contributed by atoms with Crippen molar-refractivity contribution >= 4 is 0 Å². The lowest BCUT2D eigenvalue weighted by molar-refractivity contribution is 1.06. The summed E-state index contributed by atoms with van der Waals surface area (Å²) in [6.45, 7) is 0.480. The molecular weight excluding hydrogens is 320 g/mol. The predicted octanol–water partition coefficient (Wildman–Crippen LogP) is 4.33. The van der Waals surface area contributed by atoms with Gasteiger partial charge in [0.1, 0.15) is 0 Å². The largest absolute Gasteiger partial charge is 0.326 e. The topological polar surface area (TPSA) is 64.7 Å². The summed E-state index contributed by atoms with van der Waals surface area (Å²) in [4.78, 5) is 13.8. The van der Waals surface area contributed by atoms with Crippen LogP contribution in [0.3, 0.4) is 0 Å². The van der Waals surface area contributed by atoms with Crippen LogP contribution in [-0.4, -0.2) is 15.0 Å². The Hall–Kier alpha value is -3.37. The minimum Gasteiger partial charge on any atom is -0.326 e. The van der Waals surface area contributed by atoms with E-state index < -0.39 is 0 Å². The molecule has 0 fully saturated rings. The molecule has 0 amide bonds. The molecule has 1 aromatic carbocycles. The van der Waals surface area contributed by atoms with Gasteiger partial charge in [0, 0.05) is 24.5 Å². The van der Waals surface area contributed by atoms with Gasteiger partial charge in [-0.15, -0.1) is 0 Å². The van der Waals surface area contributed by atoms with E-state index in [1.54, 1.807) is 12.4 Å². The first-order chi connectivity index (χ1) is 12.8. The van der Waals surface area contributed by atoms with Crippen molar-refractivity contribution in [3.05, 3.63) is 90.8 Å². The van der Waals surface area contributed by atoms with Gasteiger partial charge in [0.2, 0.25) is 0 Å². The molecule has 4 rings (SSSR count). The summed E-state index contributed by atoms with van der Waals surface area (Å²) in [5.41, 5.74) is 12.2. The maximum absolute atomic E-state index is 5.74. The fraction of sp³-hybridized carbons (Fsp3) is 0.0455. The van der Waals surface area contributed by atoms with Gasteiger partial charge in [0.05, 0.1) is 22.8 Å². The molecule has 0 saturated heterocycles. The standard InChI is InChI=1S/C22H18N4/c23-15-16-11-13-24-21(14-16)19-9-4-10-20(26-19)22-18(8-5-12-25-22)17-6-2-1-3-7-17/h1-14H,15,23H2. The molecule has 3 heterocycles. The highest BCUT2D eigenvalue weighted by Crippen LogP contribution is 2.30. The quantitative estimate of drug-likeness (QED) is 0.601. The minimum absolute atomic E-state index is 0.480. The molecule has 0 aliphatic heterocycles. The van der Waals surface area contributed by atoms with Gasteiger partial charge >= 0.3 is 0 Å². The van der Waals surface area contributed by atoms with Crippen molar-refractivity contribution in [2.75, 3.05) is 0 Å². The molecule has 0 spiro atoms. The second kappa shape index (κ2) is 7.25. The lowest BCUT2D eigenvalue weighted by atomic mass is 10.0. The second-order valence-corrected chi connectivity index (χ2v) is 5.93. The molecule has 2 N–H and O–H groups in total. The van der Waals surface area contributed by atoms with Gasteiger partial charge in [-0.25, -0.2) is 4.98 Å². The third-order valence-electron chi connectivity index (χ3n) is 4.21. The molecular formula is C22H18N4. The maximum atomic E-state index is 5.74. The van der Waals surface area contributed by atoms with Crippen molar-refractivity contribution in [2.45, 2.75) is 6.54 Å². The van der Waals surface area contributed by atoms with E-state index in [1.807, 2.05) is 54.6 Å². The molecule has 4 aromatic rings. The lowest BCUT2D eigenvalue weighted by Crippen LogP contribution is -1.98. The number of benzene rings is 1. The van der Waals surface area contributed by atoms with E-state index >= 15 is 0 Å². The van der Waals surface area contributed by atoms with Crippen molar-refractivity contribution in [3.63, 3.8) is 0 Å². The molecule has 126 valence electrons. The van der Waals surface area contributed by atoms with Crippen molar-refractivity contribution in [1.82, 2.24) is 15.0 Å². The number of hydrogen-bond acceptors (Lipinski definition) is 4. The van der Waals surface area contributed by atoms with E-state index in [4.69, 9.17) is 10.7 Å². The average Bonchev–Trinajstić information content (AvgIpc) is 2.74. The molecule has 4 nitrogen and oxygen atoms in total. The van der Waals surface area contributed by atoms with E-state index in [0.717, 1.165) is 39.5 Å². The zero-order valence-corrected chi connectivity index (χ0v) is 14.2. The highest BCUT2D eigenvalue weighted by molar-refractivity contribution is 5.79. The first-order valence-electron chi connectivity index (χ1n) is 8.48. The molecule has 3 aromatic heterocycles. The number of aromatic nitrogens is 3. The van der Waals surface area contributed by atoms with Crippen molar-refractivity contribution < 1.29 is 0 Å². The average molecular weight is 338 g/mol. The third-order valence-corrected chi connectivity index (χ3v) is 4.21. The van der Waals surface area contributed by atoms with Crippen molar-refractivity contribution in [2.24, 2.45) is 5.73 Å². The Balaban J connectivity index is 1.81. The molecule has 0 aliphatic rings. The summed E-state index contributed by atoms with van der Waals surface area (Å²) >= 11 is 0. The minimum atomic E-state index is 0.480. The van der Waals surface area contributed by atoms with E-state index in [2.05, 4.69) is 28.2 Å². The smallest absolute Gasteiger partial charge is 0.0964 e. The van der Waals surface area contributed by atoms with Gasteiger partial charge in [-0.1, -0.05) is 42.5 Å². The third kappa shape index (κ3) is 3.23. The van der Waals surface area contributed by atoms with Gasteiger partial charge in [-0.2, -0.15) is 0 Å². The summed E-state index contributed by atoms with van der Waals surface area (Å²) in [6.07, 6.45) is 3.56. The van der Waals surface area contributed by atoms with Crippen LogP contribution in [0.5, 0.6) is 0 Å². The molecule has 4 heteroatoms. The molecule has 0 atom stereocenters. The molecule has 0 radical (unpaired) electrons. The van der Waals surface area contributed by atoms with Gasteiger partial charge < -0.3 is 5.73 Å². The van der Waals surface area contributed by atoms with Gasteiger partial charge in [0.15, 0.2) is 0 Å². The normalized spacial score (nSPS) is 10.7. The Labute approximate surface area is 152 Å². The Morgan fingerprint density at radius 3 is 2.38 bits per heavy atom.